The van der Waals surface area contributed by atoms with E-state index in [1.165, 1.54) is 17.0 Å². The number of amides is 1. The van der Waals surface area contributed by atoms with Gasteiger partial charge in [0, 0.05) is 17.6 Å². The van der Waals surface area contributed by atoms with E-state index in [2.05, 4.69) is 15.9 Å². The van der Waals surface area contributed by atoms with E-state index in [0.29, 0.717) is 17.4 Å². The van der Waals surface area contributed by atoms with Gasteiger partial charge in [0.15, 0.2) is 0 Å². The first-order chi connectivity index (χ1) is 8.08. The molecule has 0 saturated carbocycles. The molecule has 1 saturated heterocycles. The van der Waals surface area contributed by atoms with Gasteiger partial charge < -0.3 is 10.0 Å². The summed E-state index contributed by atoms with van der Waals surface area (Å²) in [6.45, 7) is 0.861. The van der Waals surface area contributed by atoms with Crippen LogP contribution in [0.4, 0.5) is 4.39 Å². The molecule has 1 unspecified atom stereocenters. The van der Waals surface area contributed by atoms with Gasteiger partial charge in [-0.1, -0.05) is 15.9 Å². The molecule has 0 aromatic heterocycles. The van der Waals surface area contributed by atoms with Gasteiger partial charge in [0.2, 0.25) is 0 Å². The molecule has 2 rings (SSSR count). The minimum atomic E-state index is -0.538. The summed E-state index contributed by atoms with van der Waals surface area (Å²) in [5.41, 5.74) is 0.0577. The van der Waals surface area contributed by atoms with E-state index >= 15 is 0 Å². The van der Waals surface area contributed by atoms with Gasteiger partial charge in [0.1, 0.15) is 5.82 Å². The van der Waals surface area contributed by atoms with Gasteiger partial charge in [-0.25, -0.2) is 4.39 Å². The molecule has 3 nitrogen and oxygen atoms in total. The Morgan fingerprint density at radius 3 is 2.94 bits per heavy atom. The Labute approximate surface area is 107 Å². The number of hydrogen-bond acceptors (Lipinski definition) is 2. The number of halogens is 2. The van der Waals surface area contributed by atoms with Gasteiger partial charge in [-0.3, -0.25) is 4.79 Å². The molecular weight excluding hydrogens is 289 g/mol. The van der Waals surface area contributed by atoms with Crippen LogP contribution in [0.25, 0.3) is 0 Å². The number of aliphatic hydroxyl groups is 1. The van der Waals surface area contributed by atoms with E-state index in [0.717, 1.165) is 6.42 Å². The summed E-state index contributed by atoms with van der Waals surface area (Å²) in [7, 11) is 0. The number of hydrogen-bond donors (Lipinski definition) is 1. The van der Waals surface area contributed by atoms with Crippen molar-refractivity contribution in [1.82, 2.24) is 4.90 Å². The van der Waals surface area contributed by atoms with Gasteiger partial charge >= 0.3 is 0 Å². The molecule has 92 valence electrons. The first-order valence-corrected chi connectivity index (χ1v) is 6.29. The van der Waals surface area contributed by atoms with Crippen LogP contribution < -0.4 is 0 Å². The molecule has 1 amide bonds. The fourth-order valence-electron chi connectivity index (χ4n) is 1.97. The summed E-state index contributed by atoms with van der Waals surface area (Å²) in [5.74, 6) is -0.891. The second-order valence-corrected chi connectivity index (χ2v) is 5.09. The average Bonchev–Trinajstić information content (AvgIpc) is 2.28. The Kier molecular flexibility index (Phi) is 3.79. The zero-order valence-electron chi connectivity index (χ0n) is 9.20. The molecule has 1 fully saturated rings. The molecule has 1 aliphatic rings. The lowest BCUT2D eigenvalue weighted by atomic mass is 10.1. The normalized spacial score (nSPS) is 20.4. The highest BCUT2D eigenvalue weighted by Crippen LogP contribution is 2.19. The van der Waals surface area contributed by atoms with Crippen molar-refractivity contribution in [2.24, 2.45) is 0 Å². The quantitative estimate of drug-likeness (QED) is 0.864. The number of nitrogens with zero attached hydrogens (tertiary/aromatic N) is 1. The first kappa shape index (κ1) is 12.5. The SMILES string of the molecule is O=C(c1ccc(Br)cc1F)N1CCCC(O)C1. The van der Waals surface area contributed by atoms with Crippen LogP contribution in [-0.4, -0.2) is 35.1 Å². The van der Waals surface area contributed by atoms with Crippen molar-refractivity contribution in [3.8, 4) is 0 Å². The molecule has 0 spiro atoms. The fourth-order valence-corrected chi connectivity index (χ4v) is 2.31. The lowest BCUT2D eigenvalue weighted by Gasteiger charge is -2.30. The Hall–Kier alpha value is -0.940. The van der Waals surface area contributed by atoms with Gasteiger partial charge in [0.25, 0.3) is 5.91 Å². The summed E-state index contributed by atoms with van der Waals surface area (Å²) in [4.78, 5) is 13.5. The third-order valence-electron chi connectivity index (χ3n) is 2.85. The summed E-state index contributed by atoms with van der Waals surface area (Å²) in [5, 5.41) is 9.49. The molecule has 0 aliphatic carbocycles. The van der Waals surface area contributed by atoms with Crippen LogP contribution >= 0.6 is 15.9 Å². The Morgan fingerprint density at radius 1 is 1.53 bits per heavy atom. The van der Waals surface area contributed by atoms with Crippen molar-refractivity contribution in [2.45, 2.75) is 18.9 Å². The summed E-state index contributed by atoms with van der Waals surface area (Å²) in [6.07, 6.45) is 0.962. The molecule has 17 heavy (non-hydrogen) atoms. The van der Waals surface area contributed by atoms with Crippen LogP contribution in [0.3, 0.4) is 0 Å². The highest BCUT2D eigenvalue weighted by molar-refractivity contribution is 9.10. The lowest BCUT2D eigenvalue weighted by Crippen LogP contribution is -2.42. The summed E-state index contributed by atoms with van der Waals surface area (Å²) < 4.78 is 14.2. The standard InChI is InChI=1S/C12H13BrFNO2/c13-8-3-4-10(11(14)6-8)12(17)15-5-1-2-9(16)7-15/h3-4,6,9,16H,1-2,5,7H2. The number of likely N-dealkylation sites (tertiary alicyclic amines) is 1. The van der Waals surface area contributed by atoms with Crippen LogP contribution in [0, 0.1) is 5.82 Å². The van der Waals surface area contributed by atoms with Crippen molar-refractivity contribution in [1.29, 1.82) is 0 Å². The molecule has 1 N–H and O–H groups in total. The fraction of sp³-hybridized carbons (Fsp3) is 0.417. The summed E-state index contributed by atoms with van der Waals surface area (Å²) >= 11 is 3.15. The Bertz CT molecular complexity index is 439. The number of carbonyl (C=O) groups is 1. The predicted octanol–water partition coefficient (Wildman–Crippen LogP) is 2.19. The average molecular weight is 302 g/mol. The predicted molar refractivity (Wildman–Crippen MR) is 65.2 cm³/mol. The second-order valence-electron chi connectivity index (χ2n) is 4.17. The van der Waals surface area contributed by atoms with Gasteiger partial charge in [-0.2, -0.15) is 0 Å². The number of aliphatic hydroxyl groups excluding tert-OH is 1. The first-order valence-electron chi connectivity index (χ1n) is 5.50. The number of rotatable bonds is 1. The molecule has 5 heteroatoms. The largest absolute Gasteiger partial charge is 0.391 e. The van der Waals surface area contributed by atoms with Crippen molar-refractivity contribution in [3.05, 3.63) is 34.1 Å². The molecule has 1 heterocycles. The van der Waals surface area contributed by atoms with Crippen molar-refractivity contribution >= 4 is 21.8 Å². The topological polar surface area (TPSA) is 40.5 Å². The smallest absolute Gasteiger partial charge is 0.256 e. The number of carbonyl (C=O) groups excluding carboxylic acids is 1. The van der Waals surface area contributed by atoms with Crippen LogP contribution in [0.1, 0.15) is 23.2 Å². The highest BCUT2D eigenvalue weighted by Gasteiger charge is 2.24. The van der Waals surface area contributed by atoms with E-state index in [9.17, 15) is 14.3 Å². The minimum absolute atomic E-state index is 0.0577. The third kappa shape index (κ3) is 2.84. The molecule has 1 aliphatic heterocycles. The lowest BCUT2D eigenvalue weighted by molar-refractivity contribution is 0.0470. The molecule has 0 radical (unpaired) electrons. The second kappa shape index (κ2) is 5.14. The van der Waals surface area contributed by atoms with E-state index in [4.69, 9.17) is 0 Å². The van der Waals surface area contributed by atoms with E-state index in [1.54, 1.807) is 6.07 Å². The highest BCUT2D eigenvalue weighted by atomic mass is 79.9. The van der Waals surface area contributed by atoms with Crippen LogP contribution in [-0.2, 0) is 0 Å². The van der Waals surface area contributed by atoms with Crippen LogP contribution in [0.15, 0.2) is 22.7 Å². The van der Waals surface area contributed by atoms with Crippen molar-refractivity contribution in [3.63, 3.8) is 0 Å². The molecule has 1 atom stereocenters. The van der Waals surface area contributed by atoms with Gasteiger partial charge in [-0.15, -0.1) is 0 Å². The summed E-state index contributed by atoms with van der Waals surface area (Å²) in [6, 6.07) is 4.37. The van der Waals surface area contributed by atoms with E-state index < -0.39 is 11.9 Å². The third-order valence-corrected chi connectivity index (χ3v) is 3.34. The zero-order valence-corrected chi connectivity index (χ0v) is 10.8. The molecule has 1 aromatic rings. The van der Waals surface area contributed by atoms with E-state index in [-0.39, 0.29) is 18.0 Å². The zero-order chi connectivity index (χ0) is 12.4. The maximum atomic E-state index is 13.6. The number of piperidine rings is 1. The Morgan fingerprint density at radius 2 is 2.29 bits per heavy atom. The molecule has 0 bridgehead atoms. The maximum Gasteiger partial charge on any atom is 0.256 e. The monoisotopic (exact) mass is 301 g/mol. The van der Waals surface area contributed by atoms with Gasteiger partial charge in [-0.05, 0) is 31.0 Å². The van der Waals surface area contributed by atoms with Crippen LogP contribution in [0.2, 0.25) is 0 Å². The maximum absolute atomic E-state index is 13.6. The van der Waals surface area contributed by atoms with Crippen molar-refractivity contribution in [2.75, 3.05) is 13.1 Å². The molecular formula is C12H13BrFNO2. The minimum Gasteiger partial charge on any atom is -0.391 e. The number of benzene rings is 1. The Balaban J connectivity index is 2.18. The molecule has 1 aromatic carbocycles. The number of β-amino-alcohol motifs (C(OH)–C–C–N with tert-alkyl or cyclic N) is 1. The van der Waals surface area contributed by atoms with Gasteiger partial charge in [0.05, 0.1) is 11.7 Å². The van der Waals surface area contributed by atoms with E-state index in [1.807, 2.05) is 0 Å². The van der Waals surface area contributed by atoms with Crippen LogP contribution in [0.5, 0.6) is 0 Å². The van der Waals surface area contributed by atoms with Crippen molar-refractivity contribution < 1.29 is 14.3 Å².